The second-order valence-electron chi connectivity index (χ2n) is 5.49. The van der Waals surface area contributed by atoms with E-state index < -0.39 is 10.0 Å². The van der Waals surface area contributed by atoms with Gasteiger partial charge in [0.1, 0.15) is 11.5 Å². The standard InChI is InChI=1S/C19H22N2O5S/c1-4-27(23,24)21-16-11-10-15(13-18(16)26-3)20-19(22)12-9-14-7-5-6-8-17(14)25-2/h5-13,21H,4H2,1-3H3,(H,20,22)/b12-9+. The molecule has 0 atom stereocenters. The Hall–Kier alpha value is -3.00. The maximum absolute atomic E-state index is 12.2. The highest BCUT2D eigenvalue weighted by Crippen LogP contribution is 2.29. The lowest BCUT2D eigenvalue weighted by molar-refractivity contribution is -0.111. The molecule has 2 rings (SSSR count). The lowest BCUT2D eigenvalue weighted by Gasteiger charge is -2.12. The molecular weight excluding hydrogens is 368 g/mol. The third-order valence-corrected chi connectivity index (χ3v) is 4.96. The lowest BCUT2D eigenvalue weighted by Crippen LogP contribution is -2.15. The average Bonchev–Trinajstić information content (AvgIpc) is 2.67. The Labute approximate surface area is 159 Å². The van der Waals surface area contributed by atoms with Gasteiger partial charge in [-0.05, 0) is 31.2 Å². The van der Waals surface area contributed by atoms with Crippen molar-refractivity contribution < 1.29 is 22.7 Å². The third-order valence-electron chi connectivity index (χ3n) is 3.67. The highest BCUT2D eigenvalue weighted by molar-refractivity contribution is 7.92. The van der Waals surface area contributed by atoms with Crippen molar-refractivity contribution >= 4 is 33.4 Å². The van der Waals surface area contributed by atoms with Crippen molar-refractivity contribution in [2.24, 2.45) is 0 Å². The molecule has 0 aliphatic carbocycles. The Morgan fingerprint density at radius 3 is 2.44 bits per heavy atom. The van der Waals surface area contributed by atoms with Gasteiger partial charge in [-0.15, -0.1) is 0 Å². The summed E-state index contributed by atoms with van der Waals surface area (Å²) in [6, 6.07) is 12.0. The molecule has 27 heavy (non-hydrogen) atoms. The summed E-state index contributed by atoms with van der Waals surface area (Å²) in [6.45, 7) is 1.54. The van der Waals surface area contributed by atoms with Crippen LogP contribution in [0.15, 0.2) is 48.5 Å². The SMILES string of the molecule is CCS(=O)(=O)Nc1ccc(NC(=O)/C=C/c2ccccc2OC)cc1OC. The lowest BCUT2D eigenvalue weighted by atomic mass is 10.2. The number of anilines is 2. The van der Waals surface area contributed by atoms with Crippen LogP contribution in [0.4, 0.5) is 11.4 Å². The Bertz CT molecular complexity index is 939. The molecule has 0 aliphatic heterocycles. The Kier molecular flexibility index (Phi) is 6.84. The zero-order valence-electron chi connectivity index (χ0n) is 15.4. The number of ether oxygens (including phenoxy) is 2. The van der Waals surface area contributed by atoms with Crippen LogP contribution in [-0.4, -0.2) is 34.3 Å². The van der Waals surface area contributed by atoms with E-state index in [4.69, 9.17) is 9.47 Å². The van der Waals surface area contributed by atoms with Crippen molar-refractivity contribution in [1.82, 2.24) is 0 Å². The summed E-state index contributed by atoms with van der Waals surface area (Å²) in [5, 5.41) is 2.70. The van der Waals surface area contributed by atoms with E-state index in [9.17, 15) is 13.2 Å². The van der Waals surface area contributed by atoms with Crippen LogP contribution in [0, 0.1) is 0 Å². The number of methoxy groups -OCH3 is 2. The molecule has 0 heterocycles. The second-order valence-corrected chi connectivity index (χ2v) is 7.50. The summed E-state index contributed by atoms with van der Waals surface area (Å²) in [7, 11) is -0.442. The molecule has 1 amide bonds. The predicted molar refractivity (Wildman–Crippen MR) is 107 cm³/mol. The minimum atomic E-state index is -3.43. The van der Waals surface area contributed by atoms with Gasteiger partial charge < -0.3 is 14.8 Å². The van der Waals surface area contributed by atoms with Gasteiger partial charge in [-0.2, -0.15) is 0 Å². The predicted octanol–water partition coefficient (Wildman–Crippen LogP) is 3.12. The summed E-state index contributed by atoms with van der Waals surface area (Å²) in [5.74, 6) is 0.571. The van der Waals surface area contributed by atoms with Crippen LogP contribution in [0.5, 0.6) is 11.5 Å². The van der Waals surface area contributed by atoms with Crippen LogP contribution in [0.25, 0.3) is 6.08 Å². The van der Waals surface area contributed by atoms with Gasteiger partial charge in [-0.3, -0.25) is 9.52 Å². The smallest absolute Gasteiger partial charge is 0.248 e. The number of carbonyl (C=O) groups excluding carboxylic acids is 1. The molecule has 144 valence electrons. The van der Waals surface area contributed by atoms with Gasteiger partial charge in [-0.1, -0.05) is 18.2 Å². The first-order valence-electron chi connectivity index (χ1n) is 8.19. The van der Waals surface area contributed by atoms with E-state index >= 15 is 0 Å². The quantitative estimate of drug-likeness (QED) is 0.676. The molecule has 0 aromatic heterocycles. The van der Waals surface area contributed by atoms with Crippen molar-refractivity contribution in [1.29, 1.82) is 0 Å². The van der Waals surface area contributed by atoms with E-state index in [0.29, 0.717) is 22.9 Å². The Morgan fingerprint density at radius 2 is 1.78 bits per heavy atom. The number of hydrogen-bond donors (Lipinski definition) is 2. The van der Waals surface area contributed by atoms with E-state index in [1.165, 1.54) is 26.2 Å². The van der Waals surface area contributed by atoms with Gasteiger partial charge in [0.05, 0.1) is 25.7 Å². The van der Waals surface area contributed by atoms with E-state index in [1.807, 2.05) is 18.2 Å². The van der Waals surface area contributed by atoms with Crippen molar-refractivity contribution in [3.8, 4) is 11.5 Å². The van der Waals surface area contributed by atoms with Crippen LogP contribution in [0.3, 0.4) is 0 Å². The van der Waals surface area contributed by atoms with E-state index in [1.54, 1.807) is 31.4 Å². The third kappa shape index (κ3) is 5.75. The first-order valence-corrected chi connectivity index (χ1v) is 9.84. The first-order chi connectivity index (χ1) is 12.9. The molecule has 0 bridgehead atoms. The molecule has 0 saturated heterocycles. The number of para-hydroxylation sites is 1. The minimum Gasteiger partial charge on any atom is -0.496 e. The number of rotatable bonds is 8. The van der Waals surface area contributed by atoms with E-state index in [2.05, 4.69) is 10.0 Å². The highest BCUT2D eigenvalue weighted by Gasteiger charge is 2.12. The van der Waals surface area contributed by atoms with Gasteiger partial charge in [-0.25, -0.2) is 8.42 Å². The van der Waals surface area contributed by atoms with E-state index in [-0.39, 0.29) is 11.7 Å². The second kappa shape index (κ2) is 9.09. The molecule has 0 radical (unpaired) electrons. The maximum Gasteiger partial charge on any atom is 0.248 e. The van der Waals surface area contributed by atoms with Crippen molar-refractivity contribution in [2.75, 3.05) is 30.0 Å². The fourth-order valence-electron chi connectivity index (χ4n) is 2.25. The Morgan fingerprint density at radius 1 is 1.07 bits per heavy atom. The van der Waals surface area contributed by atoms with Crippen LogP contribution < -0.4 is 19.5 Å². The van der Waals surface area contributed by atoms with Crippen LogP contribution in [0.2, 0.25) is 0 Å². The zero-order valence-corrected chi connectivity index (χ0v) is 16.2. The topological polar surface area (TPSA) is 93.7 Å². The normalized spacial score (nSPS) is 11.2. The first kappa shape index (κ1) is 20.3. The monoisotopic (exact) mass is 390 g/mol. The molecule has 0 aliphatic rings. The van der Waals surface area contributed by atoms with Crippen LogP contribution in [-0.2, 0) is 14.8 Å². The number of nitrogens with one attached hydrogen (secondary N) is 2. The molecule has 2 aromatic carbocycles. The molecule has 2 aromatic rings. The van der Waals surface area contributed by atoms with Gasteiger partial charge in [0.25, 0.3) is 0 Å². The molecule has 0 saturated carbocycles. The van der Waals surface area contributed by atoms with Gasteiger partial charge in [0.2, 0.25) is 15.9 Å². The average molecular weight is 390 g/mol. The van der Waals surface area contributed by atoms with Gasteiger partial charge >= 0.3 is 0 Å². The molecule has 0 spiro atoms. The Balaban J connectivity index is 2.12. The van der Waals surface area contributed by atoms with E-state index in [0.717, 1.165) is 5.56 Å². The fraction of sp³-hybridized carbons (Fsp3) is 0.211. The number of benzene rings is 2. The fourth-order valence-corrected chi connectivity index (χ4v) is 2.89. The highest BCUT2D eigenvalue weighted by atomic mass is 32.2. The number of amides is 1. The number of carbonyl (C=O) groups is 1. The molecule has 0 unspecified atom stereocenters. The van der Waals surface area contributed by atoms with Gasteiger partial charge in [0.15, 0.2) is 0 Å². The van der Waals surface area contributed by atoms with Crippen molar-refractivity contribution in [3.63, 3.8) is 0 Å². The summed E-state index contributed by atoms with van der Waals surface area (Å²) < 4.78 is 36.3. The molecular formula is C19H22N2O5S. The molecule has 7 nitrogen and oxygen atoms in total. The summed E-state index contributed by atoms with van der Waals surface area (Å²) in [5.41, 5.74) is 1.56. The minimum absolute atomic E-state index is 0.0532. The largest absolute Gasteiger partial charge is 0.496 e. The van der Waals surface area contributed by atoms with Crippen molar-refractivity contribution in [3.05, 3.63) is 54.1 Å². The van der Waals surface area contributed by atoms with Crippen LogP contribution >= 0.6 is 0 Å². The summed E-state index contributed by atoms with van der Waals surface area (Å²) in [4.78, 5) is 12.2. The summed E-state index contributed by atoms with van der Waals surface area (Å²) >= 11 is 0. The zero-order chi connectivity index (χ0) is 19.9. The number of sulfonamides is 1. The van der Waals surface area contributed by atoms with Gasteiger partial charge in [0, 0.05) is 23.4 Å². The molecule has 8 heteroatoms. The molecule has 2 N–H and O–H groups in total. The van der Waals surface area contributed by atoms with Crippen LogP contribution in [0.1, 0.15) is 12.5 Å². The number of hydrogen-bond acceptors (Lipinski definition) is 5. The molecule has 0 fully saturated rings. The van der Waals surface area contributed by atoms with Crippen molar-refractivity contribution in [2.45, 2.75) is 6.92 Å². The summed E-state index contributed by atoms with van der Waals surface area (Å²) in [6.07, 6.45) is 3.03. The maximum atomic E-state index is 12.2.